The average Bonchev–Trinajstić information content (AvgIpc) is 4.05. The summed E-state index contributed by atoms with van der Waals surface area (Å²) in [7, 11) is 0. The number of rotatable bonds is 5. The van der Waals surface area contributed by atoms with Gasteiger partial charge in [0, 0.05) is 58.4 Å². The Morgan fingerprint density at radius 2 is 1.10 bits per heavy atom. The van der Waals surface area contributed by atoms with Crippen LogP contribution in [0.4, 0.5) is 17.1 Å². The van der Waals surface area contributed by atoms with Crippen molar-refractivity contribution in [3.05, 3.63) is 199 Å². The molecule has 0 N–H and O–H groups in total. The van der Waals surface area contributed by atoms with E-state index in [2.05, 4.69) is 201 Å². The van der Waals surface area contributed by atoms with Gasteiger partial charge in [0.15, 0.2) is 5.58 Å². The van der Waals surface area contributed by atoms with Gasteiger partial charge in [-0.05, 0) is 93.5 Å². The fourth-order valence-electron chi connectivity index (χ4n) is 10.2. The molecule has 0 saturated carbocycles. The Balaban J connectivity index is 1.17. The predicted molar refractivity (Wildman–Crippen MR) is 257 cm³/mol. The summed E-state index contributed by atoms with van der Waals surface area (Å²) in [5.74, 6) is 0. The van der Waals surface area contributed by atoms with Crippen molar-refractivity contribution in [2.24, 2.45) is 0 Å². The molecule has 0 fully saturated rings. The molecule has 0 unspecified atom stereocenters. The van der Waals surface area contributed by atoms with Gasteiger partial charge in [-0.1, -0.05) is 147 Å². The van der Waals surface area contributed by atoms with Gasteiger partial charge in [0.2, 0.25) is 0 Å². The highest BCUT2D eigenvalue weighted by Crippen LogP contribution is 2.54. The van der Waals surface area contributed by atoms with Gasteiger partial charge >= 0.3 is 0 Å². The molecule has 1 aliphatic rings. The molecule has 9 aromatic carbocycles. The third kappa shape index (κ3) is 4.97. The second-order valence-corrected chi connectivity index (χ2v) is 17.8. The normalized spacial score (nSPS) is 13.2. The van der Waals surface area contributed by atoms with E-state index in [-0.39, 0.29) is 5.41 Å². The summed E-state index contributed by atoms with van der Waals surface area (Å²) in [6, 6.07) is 68.1. The summed E-state index contributed by atoms with van der Waals surface area (Å²) >= 11 is 1.86. The lowest BCUT2D eigenvalue weighted by Crippen LogP contribution is -2.17. The number of anilines is 3. The molecule has 4 heteroatoms. The molecular formula is C57H37NO2S. The Hall–Kier alpha value is -7.40. The van der Waals surface area contributed by atoms with Crippen molar-refractivity contribution >= 4 is 92.4 Å². The van der Waals surface area contributed by atoms with E-state index in [4.69, 9.17) is 8.83 Å². The largest absolute Gasteiger partial charge is 0.456 e. The van der Waals surface area contributed by atoms with E-state index in [9.17, 15) is 0 Å². The quantitative estimate of drug-likeness (QED) is 0.174. The first kappa shape index (κ1) is 34.5. The predicted octanol–water partition coefficient (Wildman–Crippen LogP) is 17.0. The van der Waals surface area contributed by atoms with Crippen molar-refractivity contribution in [2.45, 2.75) is 19.3 Å². The number of hydrogen-bond donors (Lipinski definition) is 0. The molecule has 0 saturated heterocycles. The lowest BCUT2D eigenvalue weighted by atomic mass is 9.82. The maximum atomic E-state index is 7.21. The Morgan fingerprint density at radius 3 is 1.98 bits per heavy atom. The van der Waals surface area contributed by atoms with Gasteiger partial charge in [-0.3, -0.25) is 0 Å². The molecule has 0 radical (unpaired) electrons. The molecule has 13 rings (SSSR count). The van der Waals surface area contributed by atoms with Gasteiger partial charge in [0.25, 0.3) is 0 Å². The average molecular weight is 800 g/mol. The van der Waals surface area contributed by atoms with Gasteiger partial charge in [-0.2, -0.15) is 0 Å². The smallest absolute Gasteiger partial charge is 0.159 e. The molecule has 61 heavy (non-hydrogen) atoms. The minimum atomic E-state index is -0.187. The van der Waals surface area contributed by atoms with Crippen molar-refractivity contribution < 1.29 is 8.83 Å². The number of fused-ring (bicyclic) bond motifs is 13. The number of para-hydroxylation sites is 2. The fraction of sp³-hybridized carbons (Fsp3) is 0.0526. The monoisotopic (exact) mass is 799 g/mol. The highest BCUT2D eigenvalue weighted by atomic mass is 32.1. The van der Waals surface area contributed by atoms with E-state index in [1.165, 1.54) is 48.0 Å². The van der Waals surface area contributed by atoms with Crippen LogP contribution in [0.25, 0.3) is 97.4 Å². The molecule has 0 amide bonds. The summed E-state index contributed by atoms with van der Waals surface area (Å²) in [6.45, 7) is 4.71. The number of benzene rings is 9. The molecule has 3 heterocycles. The van der Waals surface area contributed by atoms with Crippen LogP contribution in [0.1, 0.15) is 25.0 Å². The molecule has 0 spiro atoms. The number of hydrogen-bond acceptors (Lipinski definition) is 4. The Kier molecular flexibility index (Phi) is 7.23. The number of nitrogens with zero attached hydrogens (tertiary/aromatic N) is 1. The highest BCUT2D eigenvalue weighted by molar-refractivity contribution is 7.26. The van der Waals surface area contributed by atoms with Crippen molar-refractivity contribution in [3.8, 4) is 33.4 Å². The first-order chi connectivity index (χ1) is 30.0. The number of furan rings is 2. The fourth-order valence-corrected chi connectivity index (χ4v) is 11.5. The van der Waals surface area contributed by atoms with Crippen LogP contribution in [0, 0.1) is 0 Å². The summed E-state index contributed by atoms with van der Waals surface area (Å²) in [5.41, 5.74) is 16.2. The first-order valence-corrected chi connectivity index (χ1v) is 21.7. The zero-order valence-electron chi connectivity index (χ0n) is 33.6. The zero-order chi connectivity index (χ0) is 40.4. The molecule has 1 aliphatic carbocycles. The van der Waals surface area contributed by atoms with Gasteiger partial charge in [-0.25, -0.2) is 0 Å². The van der Waals surface area contributed by atoms with Crippen molar-refractivity contribution in [3.63, 3.8) is 0 Å². The van der Waals surface area contributed by atoms with Gasteiger partial charge in [0.05, 0.1) is 11.4 Å². The Morgan fingerprint density at radius 1 is 0.426 bits per heavy atom. The minimum Gasteiger partial charge on any atom is -0.456 e. The maximum Gasteiger partial charge on any atom is 0.159 e. The highest BCUT2D eigenvalue weighted by Gasteiger charge is 2.36. The minimum absolute atomic E-state index is 0.187. The lowest BCUT2D eigenvalue weighted by Gasteiger charge is -2.30. The van der Waals surface area contributed by atoms with Crippen LogP contribution in [-0.2, 0) is 5.41 Å². The molecule has 288 valence electrons. The Labute approximate surface area is 356 Å². The molecule has 12 aromatic rings. The van der Waals surface area contributed by atoms with E-state index in [1.54, 1.807) is 0 Å². The van der Waals surface area contributed by atoms with Crippen LogP contribution in [0.2, 0.25) is 0 Å². The third-order valence-electron chi connectivity index (χ3n) is 13.1. The van der Waals surface area contributed by atoms with Crippen LogP contribution >= 0.6 is 11.3 Å². The molecular weight excluding hydrogens is 763 g/mol. The van der Waals surface area contributed by atoms with Gasteiger partial charge in [-0.15, -0.1) is 11.3 Å². The topological polar surface area (TPSA) is 29.5 Å². The molecule has 3 nitrogen and oxygen atoms in total. The summed E-state index contributed by atoms with van der Waals surface area (Å²) in [5, 5.41) is 6.82. The van der Waals surface area contributed by atoms with Crippen LogP contribution in [-0.4, -0.2) is 0 Å². The SMILES string of the molecule is CC1(C)c2ccccc2-c2ccc(N(c3ccccc3-c3ccccc3)c3cc(-c4cccc5c4sc4ccccc45)cc4c3oc3ccc5oc6ccccc6c5c34)cc21. The Bertz CT molecular complexity index is 3750. The molecule has 0 atom stereocenters. The standard InChI is InChI=1S/C57H37NO2S/c1-57(2)45-23-10-6-18-39(45)40-28-27-36(33-46(40)57)58(47-24-11-7-17-37(47)34-15-4-3-5-16-34)48-32-35(38-21-14-22-42-41-19-9-13-26-52(41)61-56(38)42)31-44-54-51(60-55(44)48)30-29-50-53(54)43-20-8-12-25-49(43)59-50/h3-33H,1-2H3. The maximum absolute atomic E-state index is 7.21. The van der Waals surface area contributed by atoms with Crippen LogP contribution in [0.15, 0.2) is 197 Å². The van der Waals surface area contributed by atoms with E-state index < -0.39 is 0 Å². The van der Waals surface area contributed by atoms with E-state index >= 15 is 0 Å². The van der Waals surface area contributed by atoms with Crippen molar-refractivity contribution in [2.75, 3.05) is 4.90 Å². The first-order valence-electron chi connectivity index (χ1n) is 20.9. The lowest BCUT2D eigenvalue weighted by molar-refractivity contribution is 0.660. The van der Waals surface area contributed by atoms with Crippen LogP contribution in [0.3, 0.4) is 0 Å². The van der Waals surface area contributed by atoms with Crippen molar-refractivity contribution in [1.29, 1.82) is 0 Å². The van der Waals surface area contributed by atoms with E-state index in [1.807, 2.05) is 17.4 Å². The van der Waals surface area contributed by atoms with Crippen LogP contribution in [0.5, 0.6) is 0 Å². The second kappa shape index (κ2) is 12.8. The van der Waals surface area contributed by atoms with E-state index in [0.717, 1.165) is 77.6 Å². The summed E-state index contributed by atoms with van der Waals surface area (Å²) < 4.78 is 16.3. The second-order valence-electron chi connectivity index (χ2n) is 16.8. The zero-order valence-corrected chi connectivity index (χ0v) is 34.4. The summed E-state index contributed by atoms with van der Waals surface area (Å²) in [4.78, 5) is 2.45. The van der Waals surface area contributed by atoms with Crippen molar-refractivity contribution in [1.82, 2.24) is 0 Å². The summed E-state index contributed by atoms with van der Waals surface area (Å²) in [6.07, 6.45) is 0. The van der Waals surface area contributed by atoms with E-state index in [0.29, 0.717) is 0 Å². The number of thiophene rings is 1. The van der Waals surface area contributed by atoms with Gasteiger partial charge in [0.1, 0.15) is 16.7 Å². The van der Waals surface area contributed by atoms with Crippen LogP contribution < -0.4 is 4.90 Å². The third-order valence-corrected chi connectivity index (χ3v) is 14.3. The van der Waals surface area contributed by atoms with Gasteiger partial charge < -0.3 is 13.7 Å². The molecule has 3 aromatic heterocycles. The molecule has 0 aliphatic heterocycles. The molecule has 0 bridgehead atoms.